The maximum Gasteiger partial charge on any atom is 0.271 e. The highest BCUT2D eigenvalue weighted by atomic mass is 32.1. The molecular formula is C20H21N5O2S. The number of para-hydroxylation sites is 1. The zero-order valence-corrected chi connectivity index (χ0v) is 16.8. The van der Waals surface area contributed by atoms with Gasteiger partial charge in [-0.2, -0.15) is 0 Å². The number of hydrogen-bond donors (Lipinski definition) is 0. The highest BCUT2D eigenvalue weighted by Gasteiger charge is 2.20. The van der Waals surface area contributed by atoms with E-state index in [2.05, 4.69) is 16.9 Å². The molecule has 0 spiro atoms. The van der Waals surface area contributed by atoms with Crippen LogP contribution in [0.25, 0.3) is 16.2 Å². The van der Waals surface area contributed by atoms with Crippen LogP contribution in [0.4, 0.5) is 0 Å². The molecule has 0 atom stereocenters. The number of amides is 1. The Kier molecular flexibility index (Phi) is 4.87. The first-order valence-electron chi connectivity index (χ1n) is 8.97. The molecule has 7 nitrogen and oxygen atoms in total. The molecule has 28 heavy (non-hydrogen) atoms. The highest BCUT2D eigenvalue weighted by Crippen LogP contribution is 2.30. The van der Waals surface area contributed by atoms with Gasteiger partial charge in [-0.1, -0.05) is 12.1 Å². The Labute approximate surface area is 166 Å². The second kappa shape index (κ2) is 7.47. The van der Waals surface area contributed by atoms with Gasteiger partial charge < -0.3 is 14.2 Å². The van der Waals surface area contributed by atoms with Crippen molar-refractivity contribution in [3.05, 3.63) is 59.8 Å². The molecule has 0 aliphatic carbocycles. The molecular weight excluding hydrogens is 374 g/mol. The summed E-state index contributed by atoms with van der Waals surface area (Å²) in [5, 5.41) is 1.85. The predicted octanol–water partition coefficient (Wildman–Crippen LogP) is 3.56. The molecule has 0 unspecified atom stereocenters. The number of hydrogen-bond acceptors (Lipinski definition) is 5. The molecule has 1 amide bonds. The van der Waals surface area contributed by atoms with E-state index < -0.39 is 0 Å². The van der Waals surface area contributed by atoms with E-state index in [1.807, 2.05) is 51.0 Å². The smallest absolute Gasteiger partial charge is 0.271 e. The van der Waals surface area contributed by atoms with Crippen molar-refractivity contribution in [2.24, 2.45) is 0 Å². The number of carbonyl (C=O) groups excluding carboxylic acids is 1. The lowest BCUT2D eigenvalue weighted by Gasteiger charge is -2.17. The van der Waals surface area contributed by atoms with E-state index in [1.165, 1.54) is 11.3 Å². The topological polar surface area (TPSA) is 64.7 Å². The van der Waals surface area contributed by atoms with Crippen molar-refractivity contribution in [2.45, 2.75) is 20.0 Å². The standard InChI is InChI=1S/C20H21N5O2S/c1-4-24-10-9-21-18(24)12-23(2)19(26)16-13-28-20-22-15(11-25(16)20)14-7-5-6-8-17(14)27-3/h5-11,13H,4,12H2,1-3H3. The summed E-state index contributed by atoms with van der Waals surface area (Å²) < 4.78 is 9.32. The van der Waals surface area contributed by atoms with Crippen LogP contribution in [0.15, 0.2) is 48.2 Å². The lowest BCUT2D eigenvalue weighted by Crippen LogP contribution is -2.28. The average molecular weight is 395 g/mol. The Bertz CT molecular complexity index is 1130. The molecule has 0 radical (unpaired) electrons. The van der Waals surface area contributed by atoms with E-state index in [0.29, 0.717) is 12.2 Å². The van der Waals surface area contributed by atoms with Crippen LogP contribution in [-0.2, 0) is 13.1 Å². The Balaban J connectivity index is 1.64. The molecule has 0 saturated carbocycles. The fourth-order valence-electron chi connectivity index (χ4n) is 3.18. The van der Waals surface area contributed by atoms with Crippen LogP contribution < -0.4 is 4.74 Å². The summed E-state index contributed by atoms with van der Waals surface area (Å²) in [6.07, 6.45) is 5.57. The fraction of sp³-hybridized carbons (Fsp3) is 0.250. The number of methoxy groups -OCH3 is 1. The van der Waals surface area contributed by atoms with Crippen LogP contribution in [0.2, 0.25) is 0 Å². The van der Waals surface area contributed by atoms with Crippen molar-refractivity contribution in [3.63, 3.8) is 0 Å². The Hall–Kier alpha value is -3.13. The van der Waals surface area contributed by atoms with Gasteiger partial charge in [0.25, 0.3) is 5.91 Å². The minimum Gasteiger partial charge on any atom is -0.496 e. The molecule has 4 rings (SSSR count). The van der Waals surface area contributed by atoms with Gasteiger partial charge in [-0.05, 0) is 19.1 Å². The fourth-order valence-corrected chi connectivity index (χ4v) is 4.03. The third kappa shape index (κ3) is 3.16. The Morgan fingerprint density at radius 2 is 2.14 bits per heavy atom. The quantitative estimate of drug-likeness (QED) is 0.501. The van der Waals surface area contributed by atoms with E-state index in [4.69, 9.17) is 4.74 Å². The highest BCUT2D eigenvalue weighted by molar-refractivity contribution is 7.15. The van der Waals surface area contributed by atoms with Gasteiger partial charge in [-0.15, -0.1) is 11.3 Å². The largest absolute Gasteiger partial charge is 0.496 e. The van der Waals surface area contributed by atoms with Crippen molar-refractivity contribution < 1.29 is 9.53 Å². The Morgan fingerprint density at radius 3 is 2.93 bits per heavy atom. The van der Waals surface area contributed by atoms with Crippen LogP contribution in [0, 0.1) is 0 Å². The number of aryl methyl sites for hydroxylation is 1. The van der Waals surface area contributed by atoms with Crippen LogP contribution in [0.1, 0.15) is 23.2 Å². The van der Waals surface area contributed by atoms with Gasteiger partial charge in [0.1, 0.15) is 17.3 Å². The van der Waals surface area contributed by atoms with E-state index in [1.54, 1.807) is 25.3 Å². The predicted molar refractivity (Wildman–Crippen MR) is 109 cm³/mol. The van der Waals surface area contributed by atoms with Crippen LogP contribution in [-0.4, -0.2) is 43.9 Å². The van der Waals surface area contributed by atoms with E-state index >= 15 is 0 Å². The zero-order valence-electron chi connectivity index (χ0n) is 16.0. The number of benzene rings is 1. The maximum atomic E-state index is 13.0. The second-order valence-corrected chi connectivity index (χ2v) is 7.23. The third-order valence-corrected chi connectivity index (χ3v) is 5.52. The molecule has 0 saturated heterocycles. The van der Waals surface area contributed by atoms with Crippen molar-refractivity contribution in [3.8, 4) is 17.0 Å². The number of carbonyl (C=O) groups is 1. The van der Waals surface area contributed by atoms with Crippen molar-refractivity contribution in [2.75, 3.05) is 14.2 Å². The molecule has 0 N–H and O–H groups in total. The number of fused-ring (bicyclic) bond motifs is 1. The summed E-state index contributed by atoms with van der Waals surface area (Å²) >= 11 is 1.45. The molecule has 1 aromatic carbocycles. The number of aromatic nitrogens is 4. The van der Waals surface area contributed by atoms with Crippen molar-refractivity contribution >= 4 is 22.2 Å². The molecule has 3 heterocycles. The van der Waals surface area contributed by atoms with Crippen LogP contribution in [0.5, 0.6) is 5.75 Å². The summed E-state index contributed by atoms with van der Waals surface area (Å²) in [6.45, 7) is 3.33. The lowest BCUT2D eigenvalue weighted by atomic mass is 10.1. The van der Waals surface area contributed by atoms with Crippen LogP contribution in [0.3, 0.4) is 0 Å². The normalized spacial score (nSPS) is 11.1. The first-order chi connectivity index (χ1) is 13.6. The minimum absolute atomic E-state index is 0.0686. The molecule has 8 heteroatoms. The average Bonchev–Trinajstić information content (AvgIpc) is 3.42. The second-order valence-electron chi connectivity index (χ2n) is 6.39. The van der Waals surface area contributed by atoms with Gasteiger partial charge in [0.2, 0.25) is 0 Å². The zero-order chi connectivity index (χ0) is 19.7. The molecule has 0 aliphatic rings. The van der Waals surface area contributed by atoms with Gasteiger partial charge in [-0.3, -0.25) is 9.20 Å². The summed E-state index contributed by atoms with van der Waals surface area (Å²) in [6, 6.07) is 7.73. The molecule has 0 aliphatic heterocycles. The van der Waals surface area contributed by atoms with Gasteiger partial charge >= 0.3 is 0 Å². The minimum atomic E-state index is -0.0686. The first kappa shape index (κ1) is 18.2. The molecule has 0 fully saturated rings. The van der Waals surface area contributed by atoms with Crippen molar-refractivity contribution in [1.82, 2.24) is 23.8 Å². The molecule has 3 aromatic heterocycles. The third-order valence-electron chi connectivity index (χ3n) is 4.68. The van der Waals surface area contributed by atoms with Gasteiger partial charge in [0.15, 0.2) is 4.96 Å². The first-order valence-corrected chi connectivity index (χ1v) is 9.85. The van der Waals surface area contributed by atoms with Gasteiger partial charge in [0.05, 0.1) is 19.3 Å². The molecule has 144 valence electrons. The van der Waals surface area contributed by atoms with Crippen LogP contribution >= 0.6 is 11.3 Å². The summed E-state index contributed by atoms with van der Waals surface area (Å²) in [5.74, 6) is 1.55. The molecule has 4 aromatic rings. The van der Waals surface area contributed by atoms with Gasteiger partial charge in [-0.25, -0.2) is 9.97 Å². The summed E-state index contributed by atoms with van der Waals surface area (Å²) in [4.78, 5) is 24.5. The van der Waals surface area contributed by atoms with Crippen molar-refractivity contribution in [1.29, 1.82) is 0 Å². The monoisotopic (exact) mass is 395 g/mol. The molecule has 0 bridgehead atoms. The van der Waals surface area contributed by atoms with Gasteiger partial charge in [0, 0.05) is 43.1 Å². The number of nitrogens with zero attached hydrogens (tertiary/aromatic N) is 5. The summed E-state index contributed by atoms with van der Waals surface area (Å²) in [5.41, 5.74) is 2.27. The SMILES string of the molecule is CCn1ccnc1CN(C)C(=O)c1csc2nc(-c3ccccc3OC)cn12. The number of thiazole rings is 1. The summed E-state index contributed by atoms with van der Waals surface area (Å²) in [7, 11) is 3.43. The maximum absolute atomic E-state index is 13.0. The number of rotatable bonds is 6. The van der Waals surface area contributed by atoms with E-state index in [0.717, 1.165) is 34.3 Å². The number of ether oxygens (including phenoxy) is 1. The van der Waals surface area contributed by atoms with E-state index in [9.17, 15) is 4.79 Å². The number of imidazole rings is 2. The Morgan fingerprint density at radius 1 is 1.32 bits per heavy atom. The lowest BCUT2D eigenvalue weighted by molar-refractivity contribution is 0.0773. The van der Waals surface area contributed by atoms with E-state index in [-0.39, 0.29) is 5.91 Å².